The van der Waals surface area contributed by atoms with E-state index in [-0.39, 0.29) is 12.5 Å². The lowest BCUT2D eigenvalue weighted by Crippen LogP contribution is -2.51. The molecular formula is C11H23N3O2. The van der Waals surface area contributed by atoms with Gasteiger partial charge < -0.3 is 15.8 Å². The highest BCUT2D eigenvalue weighted by atomic mass is 16.5. The van der Waals surface area contributed by atoms with E-state index in [2.05, 4.69) is 24.1 Å². The Hall–Kier alpha value is -0.650. The average Bonchev–Trinajstić information content (AvgIpc) is 2.30. The summed E-state index contributed by atoms with van der Waals surface area (Å²) in [5, 5.41) is 2.86. The lowest BCUT2D eigenvalue weighted by atomic mass is 10.0. The largest absolute Gasteiger partial charge is 0.379 e. The molecule has 1 fully saturated rings. The van der Waals surface area contributed by atoms with Gasteiger partial charge in [-0.1, -0.05) is 13.8 Å². The van der Waals surface area contributed by atoms with E-state index >= 15 is 0 Å². The molecule has 1 aliphatic heterocycles. The van der Waals surface area contributed by atoms with E-state index in [0.29, 0.717) is 18.5 Å². The van der Waals surface area contributed by atoms with Gasteiger partial charge in [0.15, 0.2) is 0 Å². The predicted molar refractivity (Wildman–Crippen MR) is 63.1 cm³/mol. The number of carbonyl (C=O) groups is 1. The Labute approximate surface area is 97.3 Å². The van der Waals surface area contributed by atoms with Crippen molar-refractivity contribution in [2.24, 2.45) is 11.7 Å². The number of rotatable bonds is 5. The molecule has 3 N–H and O–H groups in total. The van der Waals surface area contributed by atoms with Crippen molar-refractivity contribution in [2.45, 2.75) is 19.9 Å². The van der Waals surface area contributed by atoms with E-state index in [4.69, 9.17) is 10.5 Å². The van der Waals surface area contributed by atoms with Gasteiger partial charge in [0.1, 0.15) is 0 Å². The maximum Gasteiger partial charge on any atom is 0.233 e. The molecule has 1 saturated heterocycles. The van der Waals surface area contributed by atoms with Gasteiger partial charge in [-0.3, -0.25) is 9.69 Å². The Balaban J connectivity index is 2.42. The highest BCUT2D eigenvalue weighted by Gasteiger charge is 2.23. The van der Waals surface area contributed by atoms with Crippen LogP contribution in [0.3, 0.4) is 0 Å². The zero-order chi connectivity index (χ0) is 12.0. The number of ether oxygens (including phenoxy) is 1. The summed E-state index contributed by atoms with van der Waals surface area (Å²) in [7, 11) is 0. The minimum absolute atomic E-state index is 0.0634. The van der Waals surface area contributed by atoms with Crippen molar-refractivity contribution in [3.8, 4) is 0 Å². The van der Waals surface area contributed by atoms with Crippen molar-refractivity contribution in [1.82, 2.24) is 10.2 Å². The molecule has 1 rings (SSSR count). The topological polar surface area (TPSA) is 67.6 Å². The van der Waals surface area contributed by atoms with Gasteiger partial charge in [-0.15, -0.1) is 0 Å². The summed E-state index contributed by atoms with van der Waals surface area (Å²) in [6.07, 6.45) is 0. The highest BCUT2D eigenvalue weighted by Crippen LogP contribution is 2.11. The second-order valence-corrected chi connectivity index (χ2v) is 4.47. The second kappa shape index (κ2) is 6.83. The van der Waals surface area contributed by atoms with Gasteiger partial charge in [-0.25, -0.2) is 0 Å². The molecule has 1 heterocycles. The minimum atomic E-state index is -0.0843. The molecule has 0 spiro atoms. The minimum Gasteiger partial charge on any atom is -0.379 e. The smallest absolute Gasteiger partial charge is 0.233 e. The van der Waals surface area contributed by atoms with E-state index in [1.807, 2.05) is 0 Å². The number of morpholine rings is 1. The van der Waals surface area contributed by atoms with Crippen LogP contribution in [0.15, 0.2) is 0 Å². The molecule has 0 aromatic carbocycles. The SMILES string of the molecule is CC(C)C(CNC(=O)CN)N1CCOCC1. The summed E-state index contributed by atoms with van der Waals surface area (Å²) in [4.78, 5) is 13.5. The van der Waals surface area contributed by atoms with Crippen LogP contribution in [0.2, 0.25) is 0 Å². The van der Waals surface area contributed by atoms with E-state index in [9.17, 15) is 4.79 Å². The van der Waals surface area contributed by atoms with Crippen LogP contribution in [-0.4, -0.2) is 56.2 Å². The van der Waals surface area contributed by atoms with E-state index in [1.54, 1.807) is 0 Å². The number of hydrogen-bond acceptors (Lipinski definition) is 4. The number of nitrogens with one attached hydrogen (secondary N) is 1. The van der Waals surface area contributed by atoms with Crippen molar-refractivity contribution in [3.63, 3.8) is 0 Å². The van der Waals surface area contributed by atoms with Crippen LogP contribution in [0, 0.1) is 5.92 Å². The predicted octanol–water partition coefficient (Wildman–Crippen LogP) is -0.582. The first-order valence-corrected chi connectivity index (χ1v) is 5.93. The molecule has 0 aliphatic carbocycles. The molecule has 94 valence electrons. The first-order chi connectivity index (χ1) is 7.65. The molecule has 16 heavy (non-hydrogen) atoms. The van der Waals surface area contributed by atoms with Crippen LogP contribution < -0.4 is 11.1 Å². The van der Waals surface area contributed by atoms with Gasteiger partial charge in [0.25, 0.3) is 0 Å². The maximum atomic E-state index is 11.1. The van der Waals surface area contributed by atoms with E-state index < -0.39 is 0 Å². The molecule has 0 radical (unpaired) electrons. The Morgan fingerprint density at radius 3 is 2.56 bits per heavy atom. The lowest BCUT2D eigenvalue weighted by molar-refractivity contribution is -0.120. The summed E-state index contributed by atoms with van der Waals surface area (Å²) < 4.78 is 5.33. The normalized spacial score (nSPS) is 19.8. The lowest BCUT2D eigenvalue weighted by Gasteiger charge is -2.36. The molecule has 1 aliphatic rings. The standard InChI is InChI=1S/C11H23N3O2/c1-9(2)10(8-13-11(15)7-12)14-3-5-16-6-4-14/h9-10H,3-8,12H2,1-2H3,(H,13,15). The van der Waals surface area contributed by atoms with Crippen LogP contribution in [-0.2, 0) is 9.53 Å². The molecule has 0 aromatic rings. The maximum absolute atomic E-state index is 11.1. The monoisotopic (exact) mass is 229 g/mol. The van der Waals surface area contributed by atoms with Gasteiger partial charge in [0, 0.05) is 25.7 Å². The summed E-state index contributed by atoms with van der Waals surface area (Å²) in [6, 6.07) is 0.374. The van der Waals surface area contributed by atoms with Crippen LogP contribution >= 0.6 is 0 Å². The Bertz CT molecular complexity index is 215. The Morgan fingerprint density at radius 2 is 2.06 bits per heavy atom. The first-order valence-electron chi connectivity index (χ1n) is 5.93. The summed E-state index contributed by atoms with van der Waals surface area (Å²) in [5.41, 5.74) is 5.27. The van der Waals surface area contributed by atoms with Crippen LogP contribution in [0.25, 0.3) is 0 Å². The van der Waals surface area contributed by atoms with Gasteiger partial charge >= 0.3 is 0 Å². The van der Waals surface area contributed by atoms with Crippen molar-refractivity contribution >= 4 is 5.91 Å². The van der Waals surface area contributed by atoms with E-state index in [0.717, 1.165) is 26.3 Å². The number of hydrogen-bond donors (Lipinski definition) is 2. The fourth-order valence-electron chi connectivity index (χ4n) is 1.99. The quantitative estimate of drug-likeness (QED) is 0.662. The molecule has 1 atom stereocenters. The van der Waals surface area contributed by atoms with Crippen molar-refractivity contribution < 1.29 is 9.53 Å². The first kappa shape index (κ1) is 13.4. The Kier molecular flexibility index (Phi) is 5.73. The number of nitrogens with two attached hydrogens (primary N) is 1. The molecule has 0 bridgehead atoms. The highest BCUT2D eigenvalue weighted by molar-refractivity contribution is 5.77. The van der Waals surface area contributed by atoms with Crippen LogP contribution in [0.5, 0.6) is 0 Å². The van der Waals surface area contributed by atoms with Crippen LogP contribution in [0.4, 0.5) is 0 Å². The fourth-order valence-corrected chi connectivity index (χ4v) is 1.99. The molecule has 5 heteroatoms. The third-order valence-corrected chi connectivity index (χ3v) is 2.98. The summed E-state index contributed by atoms with van der Waals surface area (Å²) >= 11 is 0. The number of amides is 1. The molecule has 1 unspecified atom stereocenters. The molecule has 5 nitrogen and oxygen atoms in total. The Morgan fingerprint density at radius 1 is 1.44 bits per heavy atom. The van der Waals surface area contributed by atoms with Crippen molar-refractivity contribution in [1.29, 1.82) is 0 Å². The molecular weight excluding hydrogens is 206 g/mol. The third kappa shape index (κ3) is 4.08. The zero-order valence-corrected chi connectivity index (χ0v) is 10.2. The molecule has 0 saturated carbocycles. The average molecular weight is 229 g/mol. The van der Waals surface area contributed by atoms with E-state index in [1.165, 1.54) is 0 Å². The number of carbonyl (C=O) groups excluding carboxylic acids is 1. The van der Waals surface area contributed by atoms with Gasteiger partial charge in [-0.2, -0.15) is 0 Å². The van der Waals surface area contributed by atoms with Crippen molar-refractivity contribution in [3.05, 3.63) is 0 Å². The van der Waals surface area contributed by atoms with Gasteiger partial charge in [-0.05, 0) is 5.92 Å². The summed E-state index contributed by atoms with van der Waals surface area (Å²) in [5.74, 6) is 0.426. The second-order valence-electron chi connectivity index (χ2n) is 4.47. The van der Waals surface area contributed by atoms with Crippen LogP contribution in [0.1, 0.15) is 13.8 Å². The summed E-state index contributed by atoms with van der Waals surface area (Å²) in [6.45, 7) is 8.55. The molecule has 0 aromatic heterocycles. The number of nitrogens with zero attached hydrogens (tertiary/aromatic N) is 1. The molecule has 1 amide bonds. The van der Waals surface area contributed by atoms with Gasteiger partial charge in [0.05, 0.1) is 19.8 Å². The zero-order valence-electron chi connectivity index (χ0n) is 10.2. The van der Waals surface area contributed by atoms with Crippen molar-refractivity contribution in [2.75, 3.05) is 39.4 Å². The third-order valence-electron chi connectivity index (χ3n) is 2.98. The fraction of sp³-hybridized carbons (Fsp3) is 0.909. The van der Waals surface area contributed by atoms with Gasteiger partial charge in [0.2, 0.25) is 5.91 Å².